The number of amides is 1. The Kier molecular flexibility index (Phi) is 5.53. The van der Waals surface area contributed by atoms with E-state index in [1.807, 2.05) is 12.1 Å². The van der Waals surface area contributed by atoms with E-state index in [1.165, 1.54) is 22.7 Å². The maximum Gasteiger partial charge on any atom is 0.303 e. The Morgan fingerprint density at radius 3 is 2.96 bits per heavy atom. The molecule has 1 aliphatic heterocycles. The average molecular weight is 385 g/mol. The molecule has 8 heteroatoms. The van der Waals surface area contributed by atoms with Gasteiger partial charge in [-0.25, -0.2) is 4.98 Å². The first kappa shape index (κ1) is 17.4. The van der Waals surface area contributed by atoms with Gasteiger partial charge in [-0.05, 0) is 37.3 Å². The number of aromatic nitrogens is 1. The van der Waals surface area contributed by atoms with E-state index in [9.17, 15) is 9.59 Å². The van der Waals surface area contributed by atoms with Crippen LogP contribution < -0.4 is 0 Å². The number of aliphatic carboxylic acids is 1. The fourth-order valence-corrected chi connectivity index (χ4v) is 4.80. The number of piperidine rings is 1. The number of hydrogen-bond acceptors (Lipinski definition) is 5. The van der Waals surface area contributed by atoms with Gasteiger partial charge in [-0.3, -0.25) is 9.59 Å². The molecule has 1 fully saturated rings. The average Bonchev–Trinajstić information content (AvgIpc) is 3.21. The zero-order valence-electron chi connectivity index (χ0n) is 12.9. The van der Waals surface area contributed by atoms with Crippen molar-refractivity contribution in [2.24, 2.45) is 5.92 Å². The van der Waals surface area contributed by atoms with E-state index in [0.717, 1.165) is 22.7 Å². The fourth-order valence-electron chi connectivity index (χ4n) is 2.89. The van der Waals surface area contributed by atoms with Crippen molar-refractivity contribution in [1.82, 2.24) is 9.88 Å². The van der Waals surface area contributed by atoms with Gasteiger partial charge >= 0.3 is 5.97 Å². The van der Waals surface area contributed by atoms with Gasteiger partial charge in [-0.2, -0.15) is 0 Å². The number of carboxylic acids is 1. The highest BCUT2D eigenvalue weighted by Gasteiger charge is 2.26. The van der Waals surface area contributed by atoms with Crippen molar-refractivity contribution in [3.63, 3.8) is 0 Å². The summed E-state index contributed by atoms with van der Waals surface area (Å²) < 4.78 is 0.699. The summed E-state index contributed by atoms with van der Waals surface area (Å²) in [5, 5.41) is 11.4. The first-order chi connectivity index (χ1) is 11.5. The number of rotatable bonds is 5. The molecule has 0 spiro atoms. The number of halogens is 1. The Balaban J connectivity index is 1.65. The molecule has 0 bridgehead atoms. The van der Waals surface area contributed by atoms with Crippen molar-refractivity contribution in [2.45, 2.75) is 25.7 Å². The second kappa shape index (κ2) is 7.63. The molecule has 0 aromatic carbocycles. The summed E-state index contributed by atoms with van der Waals surface area (Å²) in [7, 11) is 0. The number of carbonyl (C=O) groups excluding carboxylic acids is 1. The van der Waals surface area contributed by atoms with E-state index < -0.39 is 5.97 Å². The second-order valence-electron chi connectivity index (χ2n) is 5.83. The second-order valence-corrected chi connectivity index (χ2v) is 8.41. The molecule has 3 heterocycles. The highest BCUT2D eigenvalue weighted by molar-refractivity contribution is 7.23. The molecule has 1 saturated heterocycles. The van der Waals surface area contributed by atoms with Crippen molar-refractivity contribution in [3.05, 3.63) is 27.5 Å². The van der Waals surface area contributed by atoms with Crippen molar-refractivity contribution >= 4 is 46.2 Å². The van der Waals surface area contributed by atoms with Gasteiger partial charge in [0.1, 0.15) is 10.7 Å². The SMILES string of the molecule is O=C(O)CC[C@@H]1CCCN(C(=O)c2csc(-c3ccc(Cl)s3)n2)C1. The Morgan fingerprint density at radius 1 is 1.42 bits per heavy atom. The standard InChI is InChI=1S/C16H17ClN2O3S2/c17-13-5-4-12(24-13)15-18-11(9-23-15)16(22)19-7-1-2-10(8-19)3-6-14(20)21/h4-5,9-10H,1-3,6-8H2,(H,20,21)/t10-/m0/s1. The van der Waals surface area contributed by atoms with Crippen LogP contribution in [0.3, 0.4) is 0 Å². The highest BCUT2D eigenvalue weighted by atomic mass is 35.5. The minimum Gasteiger partial charge on any atom is -0.481 e. The number of thiophene rings is 1. The summed E-state index contributed by atoms with van der Waals surface area (Å²) >= 11 is 8.83. The summed E-state index contributed by atoms with van der Waals surface area (Å²) in [5.74, 6) is -0.592. The summed E-state index contributed by atoms with van der Waals surface area (Å²) in [5.41, 5.74) is 0.457. The molecule has 2 aromatic rings. The predicted octanol–water partition coefficient (Wildman–Crippen LogP) is 4.24. The number of likely N-dealkylation sites (tertiary alicyclic amines) is 1. The van der Waals surface area contributed by atoms with E-state index in [-0.39, 0.29) is 18.2 Å². The van der Waals surface area contributed by atoms with Gasteiger partial charge in [0.05, 0.1) is 9.21 Å². The summed E-state index contributed by atoms with van der Waals surface area (Å²) in [6.45, 7) is 1.32. The Morgan fingerprint density at radius 2 is 2.25 bits per heavy atom. The van der Waals surface area contributed by atoms with Gasteiger partial charge < -0.3 is 10.0 Å². The van der Waals surface area contributed by atoms with Gasteiger partial charge in [0.25, 0.3) is 5.91 Å². The molecule has 1 aliphatic rings. The van der Waals surface area contributed by atoms with Gasteiger partial charge in [-0.1, -0.05) is 11.6 Å². The molecule has 0 saturated carbocycles. The fraction of sp³-hybridized carbons (Fsp3) is 0.438. The lowest BCUT2D eigenvalue weighted by molar-refractivity contribution is -0.137. The molecule has 0 aliphatic carbocycles. The maximum atomic E-state index is 12.7. The van der Waals surface area contributed by atoms with E-state index in [4.69, 9.17) is 16.7 Å². The molecule has 0 radical (unpaired) electrons. The lowest BCUT2D eigenvalue weighted by Crippen LogP contribution is -2.40. The molecule has 1 N–H and O–H groups in total. The number of carbonyl (C=O) groups is 2. The zero-order chi connectivity index (χ0) is 17.1. The van der Waals surface area contributed by atoms with Crippen LogP contribution in [0.5, 0.6) is 0 Å². The van der Waals surface area contributed by atoms with Crippen molar-refractivity contribution in [3.8, 4) is 9.88 Å². The molecule has 5 nitrogen and oxygen atoms in total. The Bertz CT molecular complexity index is 743. The third kappa shape index (κ3) is 4.15. The summed E-state index contributed by atoms with van der Waals surface area (Å²) in [6.07, 6.45) is 2.67. The Labute approximate surface area is 152 Å². The van der Waals surface area contributed by atoms with Crippen LogP contribution in [0.1, 0.15) is 36.2 Å². The Hall–Kier alpha value is -1.44. The zero-order valence-corrected chi connectivity index (χ0v) is 15.3. The number of nitrogens with zero attached hydrogens (tertiary/aromatic N) is 2. The van der Waals surface area contributed by atoms with Gasteiger partial charge in [0.2, 0.25) is 0 Å². The predicted molar refractivity (Wildman–Crippen MR) is 95.9 cm³/mol. The van der Waals surface area contributed by atoms with Crippen molar-refractivity contribution in [1.29, 1.82) is 0 Å². The normalized spacial score (nSPS) is 17.9. The molecule has 128 valence electrons. The van der Waals surface area contributed by atoms with Crippen LogP contribution in [-0.4, -0.2) is 40.0 Å². The first-order valence-corrected chi connectivity index (χ1v) is 9.82. The van der Waals surface area contributed by atoms with E-state index in [0.29, 0.717) is 29.5 Å². The van der Waals surface area contributed by atoms with Crippen LogP contribution in [0.2, 0.25) is 4.34 Å². The van der Waals surface area contributed by atoms with Crippen LogP contribution in [0, 0.1) is 5.92 Å². The monoisotopic (exact) mass is 384 g/mol. The lowest BCUT2D eigenvalue weighted by atomic mass is 9.93. The highest BCUT2D eigenvalue weighted by Crippen LogP contribution is 2.33. The van der Waals surface area contributed by atoms with Gasteiger partial charge in [0.15, 0.2) is 0 Å². The summed E-state index contributed by atoms with van der Waals surface area (Å²) in [6, 6.07) is 3.73. The van der Waals surface area contributed by atoms with Crippen molar-refractivity contribution in [2.75, 3.05) is 13.1 Å². The number of thiazole rings is 1. The number of carboxylic acid groups (broad SMARTS) is 1. The molecule has 24 heavy (non-hydrogen) atoms. The van der Waals surface area contributed by atoms with Crippen LogP contribution in [0.25, 0.3) is 9.88 Å². The van der Waals surface area contributed by atoms with Crippen LogP contribution in [0.15, 0.2) is 17.5 Å². The van der Waals surface area contributed by atoms with E-state index in [1.54, 1.807) is 10.3 Å². The smallest absolute Gasteiger partial charge is 0.303 e. The van der Waals surface area contributed by atoms with Crippen LogP contribution >= 0.6 is 34.3 Å². The van der Waals surface area contributed by atoms with Gasteiger partial charge in [-0.15, -0.1) is 22.7 Å². The quantitative estimate of drug-likeness (QED) is 0.836. The topological polar surface area (TPSA) is 70.5 Å². The lowest BCUT2D eigenvalue weighted by Gasteiger charge is -2.32. The molecule has 0 unspecified atom stereocenters. The van der Waals surface area contributed by atoms with Crippen LogP contribution in [-0.2, 0) is 4.79 Å². The summed E-state index contributed by atoms with van der Waals surface area (Å²) in [4.78, 5) is 30.6. The molecule has 2 aromatic heterocycles. The minimum absolute atomic E-state index is 0.0693. The molecular formula is C16H17ClN2O3S2. The van der Waals surface area contributed by atoms with E-state index in [2.05, 4.69) is 4.98 Å². The molecule has 1 amide bonds. The minimum atomic E-state index is -0.780. The number of hydrogen-bond donors (Lipinski definition) is 1. The molecular weight excluding hydrogens is 368 g/mol. The molecule has 1 atom stereocenters. The third-order valence-electron chi connectivity index (χ3n) is 4.08. The largest absolute Gasteiger partial charge is 0.481 e. The van der Waals surface area contributed by atoms with Crippen LogP contribution in [0.4, 0.5) is 0 Å². The third-order valence-corrected chi connectivity index (χ3v) is 6.32. The first-order valence-electron chi connectivity index (χ1n) is 7.75. The molecule has 3 rings (SSSR count). The van der Waals surface area contributed by atoms with Crippen molar-refractivity contribution < 1.29 is 14.7 Å². The maximum absolute atomic E-state index is 12.7. The van der Waals surface area contributed by atoms with Gasteiger partial charge in [0, 0.05) is 24.9 Å². The van der Waals surface area contributed by atoms with E-state index >= 15 is 0 Å².